The molecule has 0 fully saturated rings. The van der Waals surface area contributed by atoms with Crippen LogP contribution in [-0.4, -0.2) is 0 Å². The molecule has 0 aromatic carbocycles. The summed E-state index contributed by atoms with van der Waals surface area (Å²) in [5, 5.41) is 0. The van der Waals surface area contributed by atoms with E-state index in [4.69, 9.17) is 0 Å². The first-order valence-corrected chi connectivity index (χ1v) is 0. The van der Waals surface area contributed by atoms with Crippen LogP contribution in [0.3, 0.4) is 0 Å². The van der Waals surface area contributed by atoms with Gasteiger partial charge in [-0.05, 0) is 0 Å². The average molecular weight is 221 g/mol. The summed E-state index contributed by atoms with van der Waals surface area (Å²) in [6.45, 7) is 0. The van der Waals surface area contributed by atoms with Gasteiger partial charge in [0.15, 0.2) is 0 Å². The van der Waals surface area contributed by atoms with Crippen molar-refractivity contribution in [2.45, 2.75) is 0 Å². The topological polar surface area (TPSA) is 0 Å². The fourth-order valence-corrected chi connectivity index (χ4v) is 0. The Morgan fingerprint density at radius 2 is 0.750 bits per heavy atom. The first-order valence-electron chi connectivity index (χ1n) is 0. The molecule has 0 heterocycles. The summed E-state index contributed by atoms with van der Waals surface area (Å²) in [6, 6.07) is 0. The third kappa shape index (κ3) is 8.85. The summed E-state index contributed by atoms with van der Waals surface area (Å²) in [5.74, 6) is 0. The van der Waals surface area contributed by atoms with Gasteiger partial charge in [0.1, 0.15) is 0 Å². The molecular formula is Cl2INa. The average Bonchev–Trinajstić information content (AvgIpc) is 0. The smallest absolute Gasteiger partial charge is 1.00 e. The van der Waals surface area contributed by atoms with E-state index in [0.717, 1.165) is 0 Å². The molecule has 0 amide bonds. The summed E-state index contributed by atoms with van der Waals surface area (Å²) < 4.78 is 0. The van der Waals surface area contributed by atoms with Gasteiger partial charge in [0, 0.05) is 0 Å². The largest absolute Gasteiger partial charge is 1.00 e. The van der Waals surface area contributed by atoms with E-state index in [1.807, 2.05) is 0 Å². The zero-order valence-electron chi connectivity index (χ0n) is 2.13. The van der Waals surface area contributed by atoms with Crippen LogP contribution in [0.4, 0.5) is 0 Å². The molecule has 0 atom stereocenters. The maximum absolute atomic E-state index is 0. The van der Waals surface area contributed by atoms with Gasteiger partial charge < -0.3 is 24.8 Å². The zero-order valence-corrected chi connectivity index (χ0v) is 7.80. The fraction of sp³-hybridized carbons (Fsp3) is 0. The minimum atomic E-state index is 0. The first-order chi connectivity index (χ1) is 0. The molecule has 0 aliphatic carbocycles. The SMILES string of the molecule is [Cl-].[Cl-].[I+].[Na+]. The van der Waals surface area contributed by atoms with Gasteiger partial charge in [-0.25, -0.2) is 0 Å². The van der Waals surface area contributed by atoms with Crippen LogP contribution in [0.5, 0.6) is 0 Å². The Bertz CT molecular complexity index is 6.00. The molecule has 22 valence electrons. The van der Waals surface area contributed by atoms with Crippen molar-refractivity contribution >= 4 is 0 Å². The quantitative estimate of drug-likeness (QED) is 0.281. The van der Waals surface area contributed by atoms with Crippen molar-refractivity contribution < 1.29 is 78.3 Å². The molecular weight excluding hydrogens is 221 g/mol. The van der Waals surface area contributed by atoms with E-state index in [1.54, 1.807) is 0 Å². The van der Waals surface area contributed by atoms with Crippen LogP contribution in [0.25, 0.3) is 0 Å². The van der Waals surface area contributed by atoms with Crippen molar-refractivity contribution in [1.29, 1.82) is 0 Å². The summed E-state index contributed by atoms with van der Waals surface area (Å²) in [7, 11) is 0. The Morgan fingerprint density at radius 1 is 0.750 bits per heavy atom. The molecule has 0 saturated heterocycles. The number of hydrogen-bond acceptors (Lipinski definition) is 0. The molecule has 0 bridgehead atoms. The third-order valence-electron chi connectivity index (χ3n) is 0. The van der Waals surface area contributed by atoms with Gasteiger partial charge in [0.05, 0.1) is 0 Å². The van der Waals surface area contributed by atoms with E-state index < -0.39 is 0 Å². The monoisotopic (exact) mass is 220 g/mol. The second-order valence-electron chi connectivity index (χ2n) is 0. The molecule has 4 heteroatoms. The van der Waals surface area contributed by atoms with E-state index >= 15 is 0 Å². The molecule has 2 radical (unpaired) electrons. The van der Waals surface area contributed by atoms with Crippen molar-refractivity contribution in [3.63, 3.8) is 0 Å². The number of hydrogen-bond donors (Lipinski definition) is 0. The van der Waals surface area contributed by atoms with Gasteiger partial charge in [0.25, 0.3) is 0 Å². The van der Waals surface area contributed by atoms with Crippen molar-refractivity contribution in [1.82, 2.24) is 0 Å². The van der Waals surface area contributed by atoms with E-state index in [2.05, 4.69) is 0 Å². The Labute approximate surface area is 77.2 Å². The van der Waals surface area contributed by atoms with Gasteiger partial charge in [-0.3, -0.25) is 0 Å². The normalized spacial score (nSPS) is 0. The Morgan fingerprint density at radius 3 is 0.750 bits per heavy atom. The standard InChI is InChI=1S/2ClH.I.Na/h2*1H;;/q;;2*+1/p-2. The number of rotatable bonds is 0. The fourth-order valence-electron chi connectivity index (χ4n) is 0. The van der Waals surface area contributed by atoms with Crippen molar-refractivity contribution in [3.8, 4) is 0 Å². The molecule has 0 aromatic heterocycles. The van der Waals surface area contributed by atoms with Crippen molar-refractivity contribution in [2.75, 3.05) is 0 Å². The Balaban J connectivity index is 0. The Kier molecular flexibility index (Phi) is 154. The predicted molar refractivity (Wildman–Crippen MR) is 0 cm³/mol. The molecule has 0 rings (SSSR count). The summed E-state index contributed by atoms with van der Waals surface area (Å²) in [6.07, 6.45) is 0. The molecule has 0 spiro atoms. The Hall–Kier alpha value is 2.31. The van der Waals surface area contributed by atoms with Gasteiger partial charge in [-0.15, -0.1) is 0 Å². The second-order valence-corrected chi connectivity index (χ2v) is 0. The third-order valence-corrected chi connectivity index (χ3v) is 0. The molecule has 0 nitrogen and oxygen atoms in total. The van der Waals surface area contributed by atoms with Gasteiger partial charge in [0.2, 0.25) is 0 Å². The molecule has 0 unspecified atom stereocenters. The van der Waals surface area contributed by atoms with Gasteiger partial charge in [-0.1, -0.05) is 0 Å². The molecule has 0 saturated carbocycles. The van der Waals surface area contributed by atoms with Crippen LogP contribution in [0.1, 0.15) is 0 Å². The molecule has 0 aromatic rings. The van der Waals surface area contributed by atoms with Crippen LogP contribution in [0.15, 0.2) is 0 Å². The van der Waals surface area contributed by atoms with Crippen LogP contribution in [0.2, 0.25) is 0 Å². The second kappa shape index (κ2) is 18.5. The van der Waals surface area contributed by atoms with Gasteiger partial charge in [-0.2, -0.15) is 0 Å². The van der Waals surface area contributed by atoms with Crippen LogP contribution in [0, 0.1) is 0 Å². The summed E-state index contributed by atoms with van der Waals surface area (Å²) >= 11 is 0. The van der Waals surface area contributed by atoms with E-state index in [1.165, 1.54) is 0 Å². The predicted octanol–water partition coefficient (Wildman–Crippen LogP) is -12.0. The number of halogens is 3. The molecule has 0 aliphatic rings. The van der Waals surface area contributed by atoms with Crippen molar-refractivity contribution in [3.05, 3.63) is 0 Å². The minimum absolute atomic E-state index is 0. The van der Waals surface area contributed by atoms with Gasteiger partial charge >= 0.3 is 53.5 Å². The first kappa shape index (κ1) is 33.3. The van der Waals surface area contributed by atoms with Crippen LogP contribution in [-0.2, 0) is 0 Å². The zero-order chi connectivity index (χ0) is 0. The summed E-state index contributed by atoms with van der Waals surface area (Å²) in [5.41, 5.74) is 0. The maximum atomic E-state index is 0. The summed E-state index contributed by atoms with van der Waals surface area (Å²) in [4.78, 5) is 0. The maximum Gasteiger partial charge on any atom is 1.00 e. The van der Waals surface area contributed by atoms with E-state index in [9.17, 15) is 0 Å². The van der Waals surface area contributed by atoms with Crippen LogP contribution < -0.4 is 78.3 Å². The minimum Gasteiger partial charge on any atom is -1.00 e. The molecule has 0 aliphatic heterocycles. The van der Waals surface area contributed by atoms with Crippen LogP contribution >= 0.6 is 0 Å². The van der Waals surface area contributed by atoms with Crippen molar-refractivity contribution in [2.24, 2.45) is 0 Å². The van der Waals surface area contributed by atoms with E-state index in [-0.39, 0.29) is 78.3 Å². The van der Waals surface area contributed by atoms with E-state index in [0.29, 0.717) is 0 Å². The molecule has 0 N–H and O–H groups in total. The molecule has 4 heavy (non-hydrogen) atoms.